The van der Waals surface area contributed by atoms with Crippen molar-refractivity contribution in [2.24, 2.45) is 0 Å². The summed E-state index contributed by atoms with van der Waals surface area (Å²) in [7, 11) is -3.54. The number of fused-ring (bicyclic) bond motifs is 1. The maximum absolute atomic E-state index is 12.6. The summed E-state index contributed by atoms with van der Waals surface area (Å²) in [6.45, 7) is 4.59. The third kappa shape index (κ3) is 3.88. The van der Waals surface area contributed by atoms with Crippen LogP contribution in [0.2, 0.25) is 0 Å². The monoisotopic (exact) mass is 359 g/mol. The Labute approximate surface area is 147 Å². The largest absolute Gasteiger partial charge is 0.334 e. The first kappa shape index (κ1) is 17.6. The molecule has 1 aliphatic rings. The molecule has 1 aromatic heterocycles. The average molecular weight is 359 g/mol. The van der Waals surface area contributed by atoms with Crippen molar-refractivity contribution >= 4 is 15.9 Å². The number of rotatable bonds is 4. The number of amides is 1. The second-order valence-electron chi connectivity index (χ2n) is 6.42. The lowest BCUT2D eigenvalue weighted by Gasteiger charge is -2.29. The molecule has 1 amide bonds. The van der Waals surface area contributed by atoms with Crippen LogP contribution in [0.4, 0.5) is 0 Å². The molecule has 0 radical (unpaired) electrons. The van der Waals surface area contributed by atoms with Gasteiger partial charge >= 0.3 is 0 Å². The summed E-state index contributed by atoms with van der Waals surface area (Å²) in [5.41, 5.74) is 2.55. The number of hydrogen-bond acceptors (Lipinski definition) is 4. The van der Waals surface area contributed by atoms with Crippen LogP contribution in [-0.4, -0.2) is 36.8 Å². The molecule has 1 aliphatic heterocycles. The van der Waals surface area contributed by atoms with Crippen molar-refractivity contribution in [2.45, 2.75) is 37.8 Å². The molecular weight excluding hydrogens is 338 g/mol. The molecule has 0 saturated heterocycles. The third-order valence-electron chi connectivity index (χ3n) is 4.11. The SMILES string of the molecule is CC(C)NS(=O)(=O)c1ccc2c(c1)CN(C(=O)c1ccncc1)CC2. The zero-order chi connectivity index (χ0) is 18.0. The summed E-state index contributed by atoms with van der Waals surface area (Å²) in [5, 5.41) is 0. The highest BCUT2D eigenvalue weighted by molar-refractivity contribution is 7.89. The Morgan fingerprint density at radius 1 is 1.16 bits per heavy atom. The maximum atomic E-state index is 12.6. The summed E-state index contributed by atoms with van der Waals surface area (Å²) >= 11 is 0. The lowest BCUT2D eigenvalue weighted by molar-refractivity contribution is 0.0734. The summed E-state index contributed by atoms with van der Waals surface area (Å²) in [5.74, 6) is -0.0679. The van der Waals surface area contributed by atoms with Crippen molar-refractivity contribution in [2.75, 3.05) is 6.54 Å². The lowest BCUT2D eigenvalue weighted by Crippen LogP contribution is -2.36. The fraction of sp³-hybridized carbons (Fsp3) is 0.333. The van der Waals surface area contributed by atoms with Gasteiger partial charge in [-0.25, -0.2) is 13.1 Å². The van der Waals surface area contributed by atoms with Crippen LogP contribution in [0.25, 0.3) is 0 Å². The van der Waals surface area contributed by atoms with Crippen LogP contribution in [0.5, 0.6) is 0 Å². The Balaban J connectivity index is 1.85. The average Bonchev–Trinajstić information content (AvgIpc) is 2.60. The van der Waals surface area contributed by atoms with Crippen molar-refractivity contribution in [1.82, 2.24) is 14.6 Å². The van der Waals surface area contributed by atoms with E-state index in [0.29, 0.717) is 25.1 Å². The van der Waals surface area contributed by atoms with Crippen molar-refractivity contribution in [1.29, 1.82) is 0 Å². The van der Waals surface area contributed by atoms with Gasteiger partial charge in [0.1, 0.15) is 0 Å². The van der Waals surface area contributed by atoms with Crippen molar-refractivity contribution in [3.8, 4) is 0 Å². The van der Waals surface area contributed by atoms with Gasteiger partial charge in [-0.15, -0.1) is 0 Å². The highest BCUT2D eigenvalue weighted by Crippen LogP contribution is 2.23. The van der Waals surface area contributed by atoms with Crippen LogP contribution in [0.1, 0.15) is 35.3 Å². The minimum Gasteiger partial charge on any atom is -0.334 e. The minimum atomic E-state index is -3.54. The van der Waals surface area contributed by atoms with Gasteiger partial charge in [0.15, 0.2) is 0 Å². The predicted octanol–water partition coefficient (Wildman–Crippen LogP) is 1.97. The number of carbonyl (C=O) groups is 1. The van der Waals surface area contributed by atoms with Gasteiger partial charge < -0.3 is 4.90 Å². The Morgan fingerprint density at radius 2 is 1.88 bits per heavy atom. The highest BCUT2D eigenvalue weighted by Gasteiger charge is 2.24. The molecule has 25 heavy (non-hydrogen) atoms. The third-order valence-corrected chi connectivity index (χ3v) is 5.76. The van der Waals surface area contributed by atoms with E-state index in [0.717, 1.165) is 11.1 Å². The standard InChI is InChI=1S/C18H21N3O3S/c1-13(2)20-25(23,24)17-4-3-14-7-10-21(12-16(14)11-17)18(22)15-5-8-19-9-6-15/h3-6,8-9,11,13,20H,7,10,12H2,1-2H3. The molecule has 2 aromatic rings. The Morgan fingerprint density at radius 3 is 2.56 bits per heavy atom. The Kier molecular flexibility index (Phi) is 4.87. The van der Waals surface area contributed by atoms with Crippen molar-refractivity contribution < 1.29 is 13.2 Å². The second-order valence-corrected chi connectivity index (χ2v) is 8.13. The van der Waals surface area contributed by atoms with Gasteiger partial charge in [-0.3, -0.25) is 9.78 Å². The van der Waals surface area contributed by atoms with Crippen LogP contribution in [0, 0.1) is 0 Å². The van der Waals surface area contributed by atoms with E-state index in [4.69, 9.17) is 0 Å². The van der Waals surface area contributed by atoms with Gasteiger partial charge in [0, 0.05) is 37.1 Å². The van der Waals surface area contributed by atoms with E-state index >= 15 is 0 Å². The molecule has 0 saturated carbocycles. The fourth-order valence-electron chi connectivity index (χ4n) is 2.93. The molecule has 1 N–H and O–H groups in total. The quantitative estimate of drug-likeness (QED) is 0.905. The second kappa shape index (κ2) is 6.93. The molecule has 0 aliphatic carbocycles. The molecule has 1 aromatic carbocycles. The fourth-order valence-corrected chi connectivity index (χ4v) is 4.23. The highest BCUT2D eigenvalue weighted by atomic mass is 32.2. The lowest BCUT2D eigenvalue weighted by atomic mass is 9.99. The molecule has 132 valence electrons. The van der Waals surface area contributed by atoms with E-state index < -0.39 is 10.0 Å². The molecule has 7 heteroatoms. The zero-order valence-corrected chi connectivity index (χ0v) is 15.1. The van der Waals surface area contributed by atoms with Crippen molar-refractivity contribution in [3.05, 3.63) is 59.4 Å². The summed E-state index contributed by atoms with van der Waals surface area (Å²) < 4.78 is 27.3. The zero-order valence-electron chi connectivity index (χ0n) is 14.3. The number of carbonyl (C=O) groups excluding carboxylic acids is 1. The number of hydrogen-bond donors (Lipinski definition) is 1. The molecule has 0 bridgehead atoms. The maximum Gasteiger partial charge on any atom is 0.254 e. The number of nitrogens with one attached hydrogen (secondary N) is 1. The number of pyridine rings is 1. The van der Waals surface area contributed by atoms with E-state index in [1.54, 1.807) is 55.4 Å². The van der Waals surface area contributed by atoms with Gasteiger partial charge in [0.2, 0.25) is 10.0 Å². The summed E-state index contributed by atoms with van der Waals surface area (Å²) in [6, 6.07) is 8.34. The van der Waals surface area contributed by atoms with Crippen molar-refractivity contribution in [3.63, 3.8) is 0 Å². The van der Waals surface area contributed by atoms with Gasteiger partial charge in [0.05, 0.1) is 4.90 Å². The van der Waals surface area contributed by atoms with Gasteiger partial charge in [-0.2, -0.15) is 0 Å². The summed E-state index contributed by atoms with van der Waals surface area (Å²) in [4.78, 5) is 18.5. The molecule has 2 heterocycles. The minimum absolute atomic E-state index is 0.0679. The van der Waals surface area contributed by atoms with E-state index in [9.17, 15) is 13.2 Å². The van der Waals surface area contributed by atoms with Gasteiger partial charge in [0.25, 0.3) is 5.91 Å². The first-order valence-electron chi connectivity index (χ1n) is 8.20. The van der Waals surface area contributed by atoms with Crippen LogP contribution < -0.4 is 4.72 Å². The molecule has 6 nitrogen and oxygen atoms in total. The molecule has 3 rings (SSSR count). The van der Waals surface area contributed by atoms with E-state index in [-0.39, 0.29) is 16.8 Å². The Hall–Kier alpha value is -2.25. The van der Waals surface area contributed by atoms with Gasteiger partial charge in [-0.1, -0.05) is 6.07 Å². The molecular formula is C18H21N3O3S. The molecule has 0 spiro atoms. The van der Waals surface area contributed by atoms with E-state index in [1.165, 1.54) is 0 Å². The molecule has 0 atom stereocenters. The predicted molar refractivity (Wildman–Crippen MR) is 94.6 cm³/mol. The molecule has 0 unspecified atom stereocenters. The van der Waals surface area contributed by atoms with Crippen LogP contribution in [-0.2, 0) is 23.0 Å². The van der Waals surface area contributed by atoms with E-state index in [1.807, 2.05) is 6.07 Å². The first-order chi connectivity index (χ1) is 11.9. The van der Waals surface area contributed by atoms with Gasteiger partial charge in [-0.05, 0) is 55.7 Å². The smallest absolute Gasteiger partial charge is 0.254 e. The van der Waals surface area contributed by atoms with E-state index in [2.05, 4.69) is 9.71 Å². The normalized spacial score (nSPS) is 14.4. The number of nitrogens with zero attached hydrogens (tertiary/aromatic N) is 2. The Bertz CT molecular complexity index is 880. The van der Waals surface area contributed by atoms with Crippen LogP contribution in [0.3, 0.4) is 0 Å². The number of benzene rings is 1. The summed E-state index contributed by atoms with van der Waals surface area (Å²) in [6.07, 6.45) is 3.89. The molecule has 0 fully saturated rings. The van der Waals surface area contributed by atoms with Crippen LogP contribution in [0.15, 0.2) is 47.6 Å². The van der Waals surface area contributed by atoms with Crippen LogP contribution >= 0.6 is 0 Å². The number of sulfonamides is 1. The first-order valence-corrected chi connectivity index (χ1v) is 9.68. The topological polar surface area (TPSA) is 79.4 Å². The number of aromatic nitrogens is 1.